The van der Waals surface area contributed by atoms with Crippen molar-refractivity contribution in [2.75, 3.05) is 13.2 Å². The van der Waals surface area contributed by atoms with Crippen molar-refractivity contribution < 1.29 is 4.74 Å². The molecule has 0 bridgehead atoms. The molecule has 0 saturated carbocycles. The Kier molecular flexibility index (Phi) is 6.93. The SMILES string of the molecule is CC(C)OCCCCNCc1cc(-c2ccccc2)cs1. The largest absolute Gasteiger partial charge is 0.379 e. The minimum atomic E-state index is 0.348. The van der Waals surface area contributed by atoms with Crippen LogP contribution in [0.25, 0.3) is 11.1 Å². The number of unbranched alkanes of at least 4 members (excludes halogenated alkanes) is 1. The molecule has 0 unspecified atom stereocenters. The van der Waals surface area contributed by atoms with Crippen LogP contribution in [0.4, 0.5) is 0 Å². The summed E-state index contributed by atoms with van der Waals surface area (Å²) in [5.74, 6) is 0. The number of rotatable bonds is 9. The Hall–Kier alpha value is -1.16. The molecule has 0 radical (unpaired) electrons. The summed E-state index contributed by atoms with van der Waals surface area (Å²) < 4.78 is 5.53. The van der Waals surface area contributed by atoms with E-state index in [-0.39, 0.29) is 0 Å². The minimum Gasteiger partial charge on any atom is -0.379 e. The fourth-order valence-corrected chi connectivity index (χ4v) is 3.00. The highest BCUT2D eigenvalue weighted by atomic mass is 32.1. The summed E-state index contributed by atoms with van der Waals surface area (Å²) in [5, 5.41) is 5.75. The first-order chi connectivity index (χ1) is 10.3. The summed E-state index contributed by atoms with van der Waals surface area (Å²) in [6, 6.07) is 12.8. The lowest BCUT2D eigenvalue weighted by atomic mass is 10.1. The third-order valence-electron chi connectivity index (χ3n) is 3.26. The van der Waals surface area contributed by atoms with Crippen molar-refractivity contribution in [2.45, 2.75) is 39.3 Å². The first kappa shape index (κ1) is 16.2. The summed E-state index contributed by atoms with van der Waals surface area (Å²) in [7, 11) is 0. The molecule has 2 nitrogen and oxygen atoms in total. The van der Waals surface area contributed by atoms with E-state index >= 15 is 0 Å². The Balaban J connectivity index is 1.65. The number of hydrogen-bond acceptors (Lipinski definition) is 3. The molecule has 0 spiro atoms. The smallest absolute Gasteiger partial charge is 0.0518 e. The van der Waals surface area contributed by atoms with Gasteiger partial charge >= 0.3 is 0 Å². The molecule has 0 amide bonds. The van der Waals surface area contributed by atoms with Crippen LogP contribution in [0.2, 0.25) is 0 Å². The van der Waals surface area contributed by atoms with E-state index in [9.17, 15) is 0 Å². The topological polar surface area (TPSA) is 21.3 Å². The highest BCUT2D eigenvalue weighted by Gasteiger charge is 2.01. The fourth-order valence-electron chi connectivity index (χ4n) is 2.14. The summed E-state index contributed by atoms with van der Waals surface area (Å²) in [4.78, 5) is 1.40. The lowest BCUT2D eigenvalue weighted by molar-refractivity contribution is 0.0760. The molecule has 21 heavy (non-hydrogen) atoms. The molecule has 0 aliphatic heterocycles. The van der Waals surface area contributed by atoms with Gasteiger partial charge in [0.2, 0.25) is 0 Å². The van der Waals surface area contributed by atoms with E-state index in [0.29, 0.717) is 6.10 Å². The highest BCUT2D eigenvalue weighted by molar-refractivity contribution is 7.10. The van der Waals surface area contributed by atoms with E-state index in [4.69, 9.17) is 4.74 Å². The number of nitrogens with one attached hydrogen (secondary N) is 1. The van der Waals surface area contributed by atoms with Gasteiger partial charge in [-0.25, -0.2) is 0 Å². The Morgan fingerprint density at radius 2 is 1.90 bits per heavy atom. The van der Waals surface area contributed by atoms with Crippen LogP contribution in [-0.2, 0) is 11.3 Å². The first-order valence-electron chi connectivity index (χ1n) is 7.71. The molecule has 2 aromatic rings. The summed E-state index contributed by atoms with van der Waals surface area (Å²) in [6.07, 6.45) is 2.65. The molecule has 0 saturated heterocycles. The highest BCUT2D eigenvalue weighted by Crippen LogP contribution is 2.25. The van der Waals surface area contributed by atoms with Crippen molar-refractivity contribution in [1.29, 1.82) is 0 Å². The van der Waals surface area contributed by atoms with Crippen molar-refractivity contribution in [1.82, 2.24) is 5.32 Å². The molecule has 3 heteroatoms. The van der Waals surface area contributed by atoms with Gasteiger partial charge < -0.3 is 10.1 Å². The molecule has 0 atom stereocenters. The Morgan fingerprint density at radius 1 is 1.10 bits per heavy atom. The molecule has 0 aliphatic rings. The lowest BCUT2D eigenvalue weighted by Crippen LogP contribution is -2.14. The average Bonchev–Trinajstić information content (AvgIpc) is 2.96. The van der Waals surface area contributed by atoms with Crippen LogP contribution in [0.5, 0.6) is 0 Å². The molecule has 2 rings (SSSR count). The van der Waals surface area contributed by atoms with Crippen LogP contribution >= 0.6 is 11.3 Å². The van der Waals surface area contributed by atoms with Crippen molar-refractivity contribution in [3.05, 3.63) is 46.7 Å². The van der Waals surface area contributed by atoms with Crippen molar-refractivity contribution in [3.63, 3.8) is 0 Å². The van der Waals surface area contributed by atoms with E-state index in [1.807, 2.05) is 11.3 Å². The van der Waals surface area contributed by atoms with Crippen LogP contribution in [0.1, 0.15) is 31.6 Å². The molecule has 0 aliphatic carbocycles. The number of hydrogen-bond donors (Lipinski definition) is 1. The van der Waals surface area contributed by atoms with Gasteiger partial charge in [-0.15, -0.1) is 11.3 Å². The second kappa shape index (κ2) is 8.98. The zero-order valence-corrected chi connectivity index (χ0v) is 13.8. The second-order valence-corrected chi connectivity index (χ2v) is 6.47. The van der Waals surface area contributed by atoms with Gasteiger partial charge in [0.25, 0.3) is 0 Å². The maximum atomic E-state index is 5.53. The van der Waals surface area contributed by atoms with Gasteiger partial charge in [0.1, 0.15) is 0 Å². The Labute approximate surface area is 132 Å². The van der Waals surface area contributed by atoms with Gasteiger partial charge in [-0.2, -0.15) is 0 Å². The van der Waals surface area contributed by atoms with E-state index in [2.05, 4.69) is 60.9 Å². The van der Waals surface area contributed by atoms with E-state index < -0.39 is 0 Å². The van der Waals surface area contributed by atoms with E-state index in [1.165, 1.54) is 22.4 Å². The van der Waals surface area contributed by atoms with Gasteiger partial charge in [0.05, 0.1) is 6.10 Å². The first-order valence-corrected chi connectivity index (χ1v) is 8.59. The number of benzene rings is 1. The molecular formula is C18H25NOS. The standard InChI is InChI=1S/C18H25NOS/c1-15(2)20-11-7-6-10-19-13-18-12-17(14-21-18)16-8-4-3-5-9-16/h3-5,8-9,12,14-15,19H,6-7,10-11,13H2,1-2H3. The van der Waals surface area contributed by atoms with Crippen molar-refractivity contribution >= 4 is 11.3 Å². The van der Waals surface area contributed by atoms with Crippen LogP contribution in [0, 0.1) is 0 Å². The normalized spacial score (nSPS) is 11.2. The lowest BCUT2D eigenvalue weighted by Gasteiger charge is -2.07. The number of thiophene rings is 1. The van der Waals surface area contributed by atoms with Gasteiger partial charge in [-0.05, 0) is 55.8 Å². The van der Waals surface area contributed by atoms with E-state index in [1.54, 1.807) is 0 Å². The fraction of sp³-hybridized carbons (Fsp3) is 0.444. The quantitative estimate of drug-likeness (QED) is 0.677. The predicted molar refractivity (Wildman–Crippen MR) is 91.8 cm³/mol. The van der Waals surface area contributed by atoms with Gasteiger partial charge in [-0.1, -0.05) is 30.3 Å². The van der Waals surface area contributed by atoms with Gasteiger partial charge in [-0.3, -0.25) is 0 Å². The summed E-state index contributed by atoms with van der Waals surface area (Å²) >= 11 is 1.83. The maximum absolute atomic E-state index is 5.53. The average molecular weight is 303 g/mol. The van der Waals surface area contributed by atoms with Crippen molar-refractivity contribution in [3.8, 4) is 11.1 Å². The van der Waals surface area contributed by atoms with Gasteiger partial charge in [0, 0.05) is 18.0 Å². The van der Waals surface area contributed by atoms with Crippen LogP contribution in [-0.4, -0.2) is 19.3 Å². The molecule has 1 aromatic heterocycles. The second-order valence-electron chi connectivity index (χ2n) is 5.47. The Bertz CT molecular complexity index is 507. The molecule has 114 valence electrons. The van der Waals surface area contributed by atoms with Crippen molar-refractivity contribution in [2.24, 2.45) is 0 Å². The maximum Gasteiger partial charge on any atom is 0.0518 e. The monoisotopic (exact) mass is 303 g/mol. The van der Waals surface area contributed by atoms with Gasteiger partial charge in [0.15, 0.2) is 0 Å². The molecule has 1 heterocycles. The zero-order chi connectivity index (χ0) is 14.9. The zero-order valence-electron chi connectivity index (χ0n) is 13.0. The third kappa shape index (κ3) is 6.00. The summed E-state index contributed by atoms with van der Waals surface area (Å²) in [6.45, 7) is 7.05. The molecule has 0 fully saturated rings. The molecule has 1 aromatic carbocycles. The third-order valence-corrected chi connectivity index (χ3v) is 4.20. The number of ether oxygens (including phenoxy) is 1. The van der Waals surface area contributed by atoms with E-state index in [0.717, 1.165) is 26.1 Å². The van der Waals surface area contributed by atoms with Crippen LogP contribution in [0.3, 0.4) is 0 Å². The predicted octanol–water partition coefficient (Wildman–Crippen LogP) is 4.71. The Morgan fingerprint density at radius 3 is 2.67 bits per heavy atom. The molecular weight excluding hydrogens is 278 g/mol. The van der Waals surface area contributed by atoms with Crippen LogP contribution in [0.15, 0.2) is 41.8 Å². The minimum absolute atomic E-state index is 0.348. The summed E-state index contributed by atoms with van der Waals surface area (Å²) in [5.41, 5.74) is 2.62. The molecule has 1 N–H and O–H groups in total. The van der Waals surface area contributed by atoms with Crippen LogP contribution < -0.4 is 5.32 Å².